The van der Waals surface area contributed by atoms with Gasteiger partial charge >= 0.3 is 6.03 Å². The van der Waals surface area contributed by atoms with Crippen LogP contribution in [0.5, 0.6) is 0 Å². The van der Waals surface area contributed by atoms with Gasteiger partial charge in [-0.25, -0.2) is 4.79 Å². The maximum Gasteiger partial charge on any atom is 0.323 e. The van der Waals surface area contributed by atoms with Gasteiger partial charge in [0, 0.05) is 31.0 Å². The Morgan fingerprint density at radius 2 is 1.76 bits per heavy atom. The van der Waals surface area contributed by atoms with Gasteiger partial charge in [0.25, 0.3) is 5.91 Å². The lowest BCUT2D eigenvalue weighted by molar-refractivity contribution is 0.100. The normalized spacial score (nSPS) is 13.6. The van der Waals surface area contributed by atoms with E-state index in [0.29, 0.717) is 16.9 Å². The van der Waals surface area contributed by atoms with Gasteiger partial charge in [0.2, 0.25) is 0 Å². The highest BCUT2D eigenvalue weighted by Gasteiger charge is 2.16. The first-order valence-corrected chi connectivity index (χ1v) is 10.2. The Hall–Kier alpha value is -3.22. The smallest absolute Gasteiger partial charge is 0.323 e. The maximum absolute atomic E-state index is 12.6. The molecule has 0 atom stereocenters. The van der Waals surface area contributed by atoms with Crippen LogP contribution in [-0.4, -0.2) is 31.6 Å². The van der Waals surface area contributed by atoms with Crippen molar-refractivity contribution in [2.75, 3.05) is 40.5 Å². The molecule has 0 spiro atoms. The molecule has 0 aromatic heterocycles. The third-order valence-corrected chi connectivity index (χ3v) is 4.96. The van der Waals surface area contributed by atoms with Crippen LogP contribution in [0.15, 0.2) is 42.5 Å². The number of nitrogens with two attached hydrogens (primary N) is 1. The summed E-state index contributed by atoms with van der Waals surface area (Å²) in [5, 5.41) is 8.90. The molecule has 1 fully saturated rings. The minimum absolute atomic E-state index is 0.352. The number of benzene rings is 2. The van der Waals surface area contributed by atoms with Gasteiger partial charge in [-0.3, -0.25) is 4.79 Å². The summed E-state index contributed by atoms with van der Waals surface area (Å²) in [5.41, 5.74) is 8.82. The molecule has 1 aliphatic rings. The van der Waals surface area contributed by atoms with Crippen molar-refractivity contribution in [1.29, 1.82) is 0 Å². The van der Waals surface area contributed by atoms with E-state index >= 15 is 0 Å². The number of piperidine rings is 1. The van der Waals surface area contributed by atoms with Crippen molar-refractivity contribution in [3.63, 3.8) is 0 Å². The first-order valence-electron chi connectivity index (χ1n) is 10.2. The minimum Gasteiger partial charge on any atom is -0.384 e. The van der Waals surface area contributed by atoms with Crippen molar-refractivity contribution in [1.82, 2.24) is 0 Å². The van der Waals surface area contributed by atoms with Gasteiger partial charge in [0.15, 0.2) is 0 Å². The molecule has 3 rings (SSSR count). The monoisotopic (exact) mass is 395 g/mol. The van der Waals surface area contributed by atoms with Gasteiger partial charge in [-0.15, -0.1) is 0 Å². The van der Waals surface area contributed by atoms with Crippen molar-refractivity contribution in [2.45, 2.75) is 32.6 Å². The quantitative estimate of drug-likeness (QED) is 0.563. The molecule has 2 aromatic carbocycles. The van der Waals surface area contributed by atoms with Crippen LogP contribution in [-0.2, 0) is 0 Å². The van der Waals surface area contributed by atoms with Crippen LogP contribution < -0.4 is 26.6 Å². The SMILES string of the molecule is CCCNc1ccc(NC(=O)Nc2ccccc2N2CCCCC2)cc1C(N)=O. The second-order valence-electron chi connectivity index (χ2n) is 7.20. The molecule has 7 heteroatoms. The molecule has 1 aliphatic heterocycles. The summed E-state index contributed by atoms with van der Waals surface area (Å²) in [4.78, 5) is 26.7. The van der Waals surface area contributed by atoms with Crippen LogP contribution in [0.2, 0.25) is 0 Å². The number of amides is 3. The second-order valence-corrected chi connectivity index (χ2v) is 7.20. The molecule has 1 heterocycles. The van der Waals surface area contributed by atoms with Crippen molar-refractivity contribution < 1.29 is 9.59 Å². The topological polar surface area (TPSA) is 99.5 Å². The fourth-order valence-corrected chi connectivity index (χ4v) is 3.51. The average molecular weight is 396 g/mol. The Morgan fingerprint density at radius 3 is 2.48 bits per heavy atom. The molecule has 0 bridgehead atoms. The Bertz CT molecular complexity index is 862. The molecule has 3 amide bonds. The highest BCUT2D eigenvalue weighted by molar-refractivity contribution is 6.04. The summed E-state index contributed by atoms with van der Waals surface area (Å²) < 4.78 is 0. The number of carbonyl (C=O) groups is 2. The maximum atomic E-state index is 12.6. The molecule has 0 unspecified atom stereocenters. The van der Waals surface area contributed by atoms with Crippen LogP contribution in [0.3, 0.4) is 0 Å². The number of carbonyl (C=O) groups excluding carboxylic acids is 2. The lowest BCUT2D eigenvalue weighted by Gasteiger charge is -2.30. The highest BCUT2D eigenvalue weighted by atomic mass is 16.2. The predicted octanol–water partition coefficient (Wildman–Crippen LogP) is 4.24. The number of hydrogen-bond donors (Lipinski definition) is 4. The van der Waals surface area contributed by atoms with E-state index in [2.05, 4.69) is 20.9 Å². The fourth-order valence-electron chi connectivity index (χ4n) is 3.51. The lowest BCUT2D eigenvalue weighted by Crippen LogP contribution is -2.31. The largest absolute Gasteiger partial charge is 0.384 e. The number of nitrogens with one attached hydrogen (secondary N) is 3. The molecular weight excluding hydrogens is 366 g/mol. The number of anilines is 4. The zero-order valence-electron chi connectivity index (χ0n) is 16.8. The number of hydrogen-bond acceptors (Lipinski definition) is 4. The lowest BCUT2D eigenvalue weighted by atomic mass is 10.1. The summed E-state index contributed by atoms with van der Waals surface area (Å²) in [7, 11) is 0. The first-order chi connectivity index (χ1) is 14.1. The van der Waals surface area contributed by atoms with E-state index in [1.165, 1.54) is 6.42 Å². The summed E-state index contributed by atoms with van der Waals surface area (Å²) in [6, 6.07) is 12.6. The number of rotatable bonds is 7. The molecule has 0 radical (unpaired) electrons. The van der Waals surface area contributed by atoms with Crippen LogP contribution >= 0.6 is 0 Å². The fraction of sp³-hybridized carbons (Fsp3) is 0.364. The second kappa shape index (κ2) is 9.82. The Kier molecular flexibility index (Phi) is 6.94. The van der Waals surface area contributed by atoms with Gasteiger partial charge in [0.05, 0.1) is 16.9 Å². The van der Waals surface area contributed by atoms with Crippen molar-refractivity contribution in [2.24, 2.45) is 5.73 Å². The van der Waals surface area contributed by atoms with Gasteiger partial charge in [-0.05, 0) is 56.0 Å². The molecular formula is C22H29N5O2. The first kappa shape index (κ1) is 20.5. The molecule has 7 nitrogen and oxygen atoms in total. The standard InChI is InChI=1S/C22H29N5O2/c1-2-12-24-18-11-10-16(15-17(18)21(23)28)25-22(29)26-19-8-4-5-9-20(19)27-13-6-3-7-14-27/h4-5,8-11,15,24H,2-3,6-7,12-14H2,1H3,(H2,23,28)(H2,25,26,29). The predicted molar refractivity (Wildman–Crippen MR) is 119 cm³/mol. The van der Waals surface area contributed by atoms with Crippen molar-refractivity contribution in [3.8, 4) is 0 Å². The number of para-hydroxylation sites is 2. The Labute approximate surface area is 171 Å². The molecule has 5 N–H and O–H groups in total. The van der Waals surface area contributed by atoms with E-state index in [0.717, 1.165) is 50.3 Å². The number of primary amides is 1. The average Bonchev–Trinajstić information content (AvgIpc) is 2.73. The number of nitrogens with zero attached hydrogens (tertiary/aromatic N) is 1. The third-order valence-electron chi connectivity index (χ3n) is 4.96. The van der Waals surface area contributed by atoms with Gasteiger partial charge in [-0.1, -0.05) is 19.1 Å². The molecule has 29 heavy (non-hydrogen) atoms. The molecule has 2 aromatic rings. The number of urea groups is 1. The molecule has 0 saturated carbocycles. The van der Waals surface area contributed by atoms with Crippen LogP contribution in [0.25, 0.3) is 0 Å². The van der Waals surface area contributed by atoms with E-state index in [1.807, 2.05) is 31.2 Å². The van der Waals surface area contributed by atoms with E-state index in [1.54, 1.807) is 18.2 Å². The van der Waals surface area contributed by atoms with E-state index < -0.39 is 5.91 Å². The minimum atomic E-state index is -0.539. The summed E-state index contributed by atoms with van der Waals surface area (Å²) in [6.07, 6.45) is 4.50. The summed E-state index contributed by atoms with van der Waals surface area (Å²) >= 11 is 0. The highest BCUT2D eigenvalue weighted by Crippen LogP contribution is 2.28. The van der Waals surface area contributed by atoms with Crippen LogP contribution in [0.1, 0.15) is 43.0 Å². The van der Waals surface area contributed by atoms with Gasteiger partial charge in [0.1, 0.15) is 0 Å². The van der Waals surface area contributed by atoms with Gasteiger partial charge < -0.3 is 26.6 Å². The van der Waals surface area contributed by atoms with E-state index in [4.69, 9.17) is 5.73 Å². The van der Waals surface area contributed by atoms with Crippen LogP contribution in [0.4, 0.5) is 27.5 Å². The van der Waals surface area contributed by atoms with E-state index in [9.17, 15) is 9.59 Å². The van der Waals surface area contributed by atoms with Crippen molar-refractivity contribution in [3.05, 3.63) is 48.0 Å². The van der Waals surface area contributed by atoms with E-state index in [-0.39, 0.29) is 6.03 Å². The summed E-state index contributed by atoms with van der Waals surface area (Å²) in [5.74, 6) is -0.539. The zero-order valence-corrected chi connectivity index (χ0v) is 16.8. The molecule has 1 saturated heterocycles. The Balaban J connectivity index is 1.71. The van der Waals surface area contributed by atoms with Crippen LogP contribution in [0, 0.1) is 0 Å². The summed E-state index contributed by atoms with van der Waals surface area (Å²) in [6.45, 7) is 4.77. The zero-order chi connectivity index (χ0) is 20.6. The third kappa shape index (κ3) is 5.40. The van der Waals surface area contributed by atoms with Gasteiger partial charge in [-0.2, -0.15) is 0 Å². The Morgan fingerprint density at radius 1 is 1.00 bits per heavy atom. The molecule has 154 valence electrons. The van der Waals surface area contributed by atoms with Crippen molar-refractivity contribution >= 4 is 34.7 Å². The molecule has 0 aliphatic carbocycles.